The minimum absolute atomic E-state index is 0.129. The highest BCUT2D eigenvalue weighted by Gasteiger charge is 2.28. The Hall–Kier alpha value is -4.13. The van der Waals surface area contributed by atoms with Gasteiger partial charge in [0, 0.05) is 67.2 Å². The third-order valence-corrected chi connectivity index (χ3v) is 12.5. The first kappa shape index (κ1) is 35.9. The number of pyridine rings is 2. The fraction of sp³-hybridized carbons (Fsp3) is 0.375. The van der Waals surface area contributed by atoms with E-state index in [1.807, 2.05) is 48.7 Å². The summed E-state index contributed by atoms with van der Waals surface area (Å²) in [5.74, 6) is 0.342. The Morgan fingerprint density at radius 3 is 2.45 bits per heavy atom. The SMILES string of the molecule is O=C1CC[C@@H](CNCc2cnc(-c3cccc(-c4cccc(Nc5nccc6sc(CNC7CCC(C(=O)O)CC7)nc56)c4Cl)c3Cl)cc2C2CC2)N1. The van der Waals surface area contributed by atoms with Gasteiger partial charge in [0.1, 0.15) is 10.5 Å². The summed E-state index contributed by atoms with van der Waals surface area (Å²) in [4.78, 5) is 37.3. The number of aliphatic carboxylic acids is 1. The van der Waals surface area contributed by atoms with Gasteiger partial charge in [0.25, 0.3) is 0 Å². The number of amides is 1. The maximum absolute atomic E-state index is 11.6. The van der Waals surface area contributed by atoms with Crippen LogP contribution >= 0.6 is 34.5 Å². The molecule has 5 N–H and O–H groups in total. The van der Waals surface area contributed by atoms with Crippen LogP contribution in [-0.2, 0) is 22.7 Å². The lowest BCUT2D eigenvalue weighted by Crippen LogP contribution is -2.35. The molecule has 3 aliphatic rings. The number of thiazole rings is 1. The van der Waals surface area contributed by atoms with Crippen LogP contribution in [0.25, 0.3) is 32.6 Å². The standard InChI is InChI=1S/C40H41Cl2N7O3S/c41-36-27(3-1-5-29(36)32-17-30(22-7-8-22)24(19-46-32)18-43-20-26-13-14-34(50)47-26)28-4-2-6-31(37(28)42)48-39-38-33(15-16-44-39)53-35(49-38)21-45-25-11-9-23(10-12-25)40(51)52/h1-6,15-17,19,22-23,25-26,43,45H,7-14,18,20-21H2,(H,44,48)(H,47,50)(H,51,52)/t23?,25?,26-/m0/s1. The molecule has 13 heteroatoms. The number of halogens is 2. The van der Waals surface area contributed by atoms with Gasteiger partial charge in [-0.1, -0.05) is 53.5 Å². The number of nitrogens with one attached hydrogen (secondary N) is 4. The largest absolute Gasteiger partial charge is 0.481 e. The van der Waals surface area contributed by atoms with Gasteiger partial charge in [-0.3, -0.25) is 14.6 Å². The number of rotatable bonds is 13. The molecule has 0 spiro atoms. The van der Waals surface area contributed by atoms with Crippen LogP contribution in [0.2, 0.25) is 10.0 Å². The molecule has 2 aromatic carbocycles. The fourth-order valence-electron chi connectivity index (χ4n) is 7.53. The average Bonchev–Trinajstić information content (AvgIpc) is 3.79. The summed E-state index contributed by atoms with van der Waals surface area (Å²) in [5, 5.41) is 24.9. The average molecular weight is 771 g/mol. The number of fused-ring (bicyclic) bond motifs is 1. The monoisotopic (exact) mass is 769 g/mol. The minimum Gasteiger partial charge on any atom is -0.481 e. The number of carboxylic acids is 1. The quantitative estimate of drug-likeness (QED) is 0.0798. The molecule has 0 radical (unpaired) electrons. The van der Waals surface area contributed by atoms with Crippen LogP contribution < -0.4 is 21.3 Å². The normalized spacial score (nSPS) is 20.1. The highest BCUT2D eigenvalue weighted by Crippen LogP contribution is 2.45. The maximum Gasteiger partial charge on any atom is 0.306 e. The number of carbonyl (C=O) groups is 2. The van der Waals surface area contributed by atoms with Crippen molar-refractivity contribution in [1.82, 2.24) is 30.9 Å². The van der Waals surface area contributed by atoms with Crippen LogP contribution in [0.3, 0.4) is 0 Å². The van der Waals surface area contributed by atoms with E-state index in [2.05, 4.69) is 32.3 Å². The van der Waals surface area contributed by atoms with Gasteiger partial charge < -0.3 is 26.4 Å². The first-order valence-corrected chi connectivity index (χ1v) is 19.9. The Kier molecular flexibility index (Phi) is 10.6. The summed E-state index contributed by atoms with van der Waals surface area (Å²) < 4.78 is 1.01. The molecule has 1 atom stereocenters. The topological polar surface area (TPSA) is 141 Å². The van der Waals surface area contributed by atoms with Gasteiger partial charge in [0.15, 0.2) is 5.82 Å². The van der Waals surface area contributed by atoms with Crippen LogP contribution in [0.15, 0.2) is 60.9 Å². The van der Waals surface area contributed by atoms with Gasteiger partial charge in [-0.05, 0) is 80.2 Å². The molecule has 8 rings (SSSR count). The zero-order chi connectivity index (χ0) is 36.5. The molecule has 1 aliphatic heterocycles. The maximum atomic E-state index is 11.6. The number of carbonyl (C=O) groups excluding carboxylic acids is 1. The molecule has 2 saturated carbocycles. The molecule has 0 unspecified atom stereocenters. The lowest BCUT2D eigenvalue weighted by atomic mass is 9.86. The van der Waals surface area contributed by atoms with Gasteiger partial charge in [0.05, 0.1) is 32.0 Å². The van der Waals surface area contributed by atoms with Crippen molar-refractivity contribution in [2.45, 2.75) is 82.5 Å². The zero-order valence-corrected chi connectivity index (χ0v) is 31.5. The Morgan fingerprint density at radius 1 is 0.925 bits per heavy atom. The van der Waals surface area contributed by atoms with Crippen molar-refractivity contribution in [3.05, 3.63) is 87.1 Å². The third-order valence-electron chi connectivity index (χ3n) is 10.6. The molecule has 53 heavy (non-hydrogen) atoms. The van der Waals surface area contributed by atoms with Crippen LogP contribution in [0, 0.1) is 5.92 Å². The first-order chi connectivity index (χ1) is 25.8. The molecule has 3 fully saturated rings. The van der Waals surface area contributed by atoms with Crippen molar-refractivity contribution in [2.24, 2.45) is 5.92 Å². The van der Waals surface area contributed by atoms with E-state index < -0.39 is 5.97 Å². The first-order valence-electron chi connectivity index (χ1n) is 18.3. The van der Waals surface area contributed by atoms with Crippen molar-refractivity contribution in [2.75, 3.05) is 11.9 Å². The smallest absolute Gasteiger partial charge is 0.306 e. The Morgan fingerprint density at radius 2 is 1.70 bits per heavy atom. The van der Waals surface area contributed by atoms with Gasteiger partial charge in [-0.25, -0.2) is 9.97 Å². The predicted molar refractivity (Wildman–Crippen MR) is 211 cm³/mol. The second kappa shape index (κ2) is 15.7. The summed E-state index contributed by atoms with van der Waals surface area (Å²) in [5.41, 5.74) is 7.22. The van der Waals surface area contributed by atoms with Crippen molar-refractivity contribution in [3.63, 3.8) is 0 Å². The fourth-order valence-corrected chi connectivity index (χ4v) is 9.04. The summed E-state index contributed by atoms with van der Waals surface area (Å²) in [6, 6.07) is 16.4. The van der Waals surface area contributed by atoms with Gasteiger partial charge in [0.2, 0.25) is 5.91 Å². The van der Waals surface area contributed by atoms with Crippen LogP contribution in [-0.4, -0.2) is 50.6 Å². The van der Waals surface area contributed by atoms with Crippen molar-refractivity contribution in [1.29, 1.82) is 0 Å². The molecule has 5 aromatic rings. The molecule has 274 valence electrons. The lowest BCUT2D eigenvalue weighted by molar-refractivity contribution is -0.142. The molecule has 1 saturated heterocycles. The summed E-state index contributed by atoms with van der Waals surface area (Å²) in [6.07, 6.45) is 10.6. The van der Waals surface area contributed by atoms with Gasteiger partial charge in [-0.15, -0.1) is 11.3 Å². The number of hydrogen-bond acceptors (Lipinski definition) is 9. The van der Waals surface area contributed by atoms with E-state index in [0.29, 0.717) is 59.8 Å². The van der Waals surface area contributed by atoms with E-state index in [-0.39, 0.29) is 23.9 Å². The lowest BCUT2D eigenvalue weighted by Gasteiger charge is -2.26. The number of benzene rings is 2. The second-order valence-electron chi connectivity index (χ2n) is 14.3. The highest BCUT2D eigenvalue weighted by molar-refractivity contribution is 7.18. The molecule has 0 bridgehead atoms. The number of carboxylic acid groups (broad SMARTS) is 1. The van der Waals surface area contributed by atoms with E-state index in [1.165, 1.54) is 11.1 Å². The zero-order valence-electron chi connectivity index (χ0n) is 29.1. The number of hydrogen-bond donors (Lipinski definition) is 5. The molecule has 3 aromatic heterocycles. The third kappa shape index (κ3) is 8.05. The Labute approximate surface area is 322 Å². The molecule has 1 amide bonds. The predicted octanol–water partition coefficient (Wildman–Crippen LogP) is 8.45. The molecule has 4 heterocycles. The number of anilines is 2. The second-order valence-corrected chi connectivity index (χ2v) is 16.2. The van der Waals surface area contributed by atoms with Crippen molar-refractivity contribution in [3.8, 4) is 22.4 Å². The highest BCUT2D eigenvalue weighted by atomic mass is 35.5. The summed E-state index contributed by atoms with van der Waals surface area (Å²) in [7, 11) is 0. The Balaban J connectivity index is 0.988. The van der Waals surface area contributed by atoms with E-state index >= 15 is 0 Å². The summed E-state index contributed by atoms with van der Waals surface area (Å²) >= 11 is 15.9. The van der Waals surface area contributed by atoms with E-state index in [1.54, 1.807) is 17.5 Å². The Bertz CT molecular complexity index is 2170. The van der Waals surface area contributed by atoms with Gasteiger partial charge in [-0.2, -0.15) is 0 Å². The van der Waals surface area contributed by atoms with Crippen LogP contribution in [0.4, 0.5) is 11.5 Å². The van der Waals surface area contributed by atoms with Crippen LogP contribution in [0.5, 0.6) is 0 Å². The van der Waals surface area contributed by atoms with Gasteiger partial charge >= 0.3 is 5.97 Å². The summed E-state index contributed by atoms with van der Waals surface area (Å²) in [6.45, 7) is 2.06. The molecule has 2 aliphatic carbocycles. The van der Waals surface area contributed by atoms with E-state index in [0.717, 1.165) is 76.3 Å². The molecule has 10 nitrogen and oxygen atoms in total. The minimum atomic E-state index is -0.691. The van der Waals surface area contributed by atoms with Crippen molar-refractivity contribution >= 4 is 68.1 Å². The van der Waals surface area contributed by atoms with E-state index in [4.69, 9.17) is 33.2 Å². The molecular formula is C40H41Cl2N7O3S. The van der Waals surface area contributed by atoms with Crippen LogP contribution in [0.1, 0.15) is 73.4 Å². The number of aromatic nitrogens is 3. The number of nitrogens with zero attached hydrogens (tertiary/aromatic N) is 3. The van der Waals surface area contributed by atoms with Crippen molar-refractivity contribution < 1.29 is 14.7 Å². The van der Waals surface area contributed by atoms with E-state index in [9.17, 15) is 14.7 Å². The molecular weight excluding hydrogens is 729 g/mol.